The Hall–Kier alpha value is -1.35. The molecular formula is C16H26N2O. The predicted octanol–water partition coefficient (Wildman–Crippen LogP) is 2.37. The van der Waals surface area contributed by atoms with E-state index in [1.54, 1.807) is 4.90 Å². The molecule has 1 amide bonds. The van der Waals surface area contributed by atoms with Crippen molar-refractivity contribution in [1.82, 2.24) is 4.90 Å². The summed E-state index contributed by atoms with van der Waals surface area (Å²) >= 11 is 0. The average molecular weight is 262 g/mol. The molecule has 3 nitrogen and oxygen atoms in total. The molecule has 0 saturated heterocycles. The van der Waals surface area contributed by atoms with Crippen LogP contribution in [0.3, 0.4) is 0 Å². The van der Waals surface area contributed by atoms with E-state index in [1.807, 2.05) is 13.1 Å². The molecule has 0 aromatic heterocycles. The first-order valence-electron chi connectivity index (χ1n) is 7.03. The molecule has 0 aliphatic heterocycles. The quantitative estimate of drug-likeness (QED) is 0.820. The van der Waals surface area contributed by atoms with Gasteiger partial charge in [-0.15, -0.1) is 0 Å². The fraction of sp³-hybridized carbons (Fsp3) is 0.562. The highest BCUT2D eigenvalue weighted by Gasteiger charge is 2.11. The fourth-order valence-electron chi connectivity index (χ4n) is 2.16. The average Bonchev–Trinajstić information content (AvgIpc) is 2.40. The minimum absolute atomic E-state index is 0.217. The maximum Gasteiger partial charge on any atom is 0.222 e. The van der Waals surface area contributed by atoms with Crippen molar-refractivity contribution in [1.29, 1.82) is 0 Å². The van der Waals surface area contributed by atoms with Crippen molar-refractivity contribution in [2.75, 3.05) is 20.1 Å². The predicted molar refractivity (Wildman–Crippen MR) is 80.0 cm³/mol. The Morgan fingerprint density at radius 2 is 2.05 bits per heavy atom. The smallest absolute Gasteiger partial charge is 0.222 e. The number of nitrogens with zero attached hydrogens (tertiary/aromatic N) is 1. The molecule has 1 unspecified atom stereocenters. The summed E-state index contributed by atoms with van der Waals surface area (Å²) in [4.78, 5) is 13.8. The summed E-state index contributed by atoms with van der Waals surface area (Å²) in [6, 6.07) is 8.36. The third-order valence-electron chi connectivity index (χ3n) is 3.51. The molecule has 0 spiro atoms. The number of rotatable bonds is 7. The summed E-state index contributed by atoms with van der Waals surface area (Å²) in [5.74, 6) is 0.583. The minimum atomic E-state index is 0.217. The molecule has 2 N–H and O–H groups in total. The van der Waals surface area contributed by atoms with Gasteiger partial charge in [-0.1, -0.05) is 31.2 Å². The van der Waals surface area contributed by atoms with Crippen LogP contribution in [0.5, 0.6) is 0 Å². The van der Waals surface area contributed by atoms with Crippen LogP contribution >= 0.6 is 0 Å². The van der Waals surface area contributed by atoms with Crippen molar-refractivity contribution in [3.63, 3.8) is 0 Å². The van der Waals surface area contributed by atoms with E-state index in [4.69, 9.17) is 5.73 Å². The van der Waals surface area contributed by atoms with Gasteiger partial charge in [0.15, 0.2) is 0 Å². The van der Waals surface area contributed by atoms with Gasteiger partial charge in [0.05, 0.1) is 0 Å². The van der Waals surface area contributed by atoms with Crippen molar-refractivity contribution in [2.24, 2.45) is 11.7 Å². The van der Waals surface area contributed by atoms with E-state index in [2.05, 4.69) is 32.0 Å². The van der Waals surface area contributed by atoms with Gasteiger partial charge in [0.2, 0.25) is 5.91 Å². The molecule has 0 saturated carbocycles. The molecule has 0 radical (unpaired) electrons. The SMILES string of the molecule is Cc1ccccc1CCCC(=O)N(C)CC(C)CN. The Morgan fingerprint density at radius 3 is 2.68 bits per heavy atom. The number of benzene rings is 1. The Labute approximate surface area is 116 Å². The van der Waals surface area contributed by atoms with Crippen LogP contribution < -0.4 is 5.73 Å². The lowest BCUT2D eigenvalue weighted by Gasteiger charge is -2.20. The highest BCUT2D eigenvalue weighted by molar-refractivity contribution is 5.75. The first-order valence-corrected chi connectivity index (χ1v) is 7.03. The Bertz CT molecular complexity index is 403. The number of hydrogen-bond acceptors (Lipinski definition) is 2. The van der Waals surface area contributed by atoms with Gasteiger partial charge in [0.25, 0.3) is 0 Å². The van der Waals surface area contributed by atoms with Gasteiger partial charge in [-0.25, -0.2) is 0 Å². The van der Waals surface area contributed by atoms with Crippen molar-refractivity contribution < 1.29 is 4.79 Å². The molecule has 0 aliphatic rings. The molecule has 0 bridgehead atoms. The molecule has 19 heavy (non-hydrogen) atoms. The number of carbonyl (C=O) groups is 1. The van der Waals surface area contributed by atoms with Crippen LogP contribution in [0.4, 0.5) is 0 Å². The Balaban J connectivity index is 2.33. The molecular weight excluding hydrogens is 236 g/mol. The standard InChI is InChI=1S/C16H26N2O/c1-13(11-17)12-18(3)16(19)10-6-9-15-8-5-4-7-14(15)2/h4-5,7-8,13H,6,9-12,17H2,1-3H3. The summed E-state index contributed by atoms with van der Waals surface area (Å²) in [5, 5.41) is 0. The van der Waals surface area contributed by atoms with E-state index >= 15 is 0 Å². The summed E-state index contributed by atoms with van der Waals surface area (Å²) in [7, 11) is 1.86. The fourth-order valence-corrected chi connectivity index (χ4v) is 2.16. The first-order chi connectivity index (χ1) is 9.04. The van der Waals surface area contributed by atoms with E-state index in [0.717, 1.165) is 19.4 Å². The highest BCUT2D eigenvalue weighted by atomic mass is 16.2. The monoisotopic (exact) mass is 262 g/mol. The second-order valence-corrected chi connectivity index (χ2v) is 5.40. The second kappa shape index (κ2) is 7.95. The van der Waals surface area contributed by atoms with Crippen molar-refractivity contribution >= 4 is 5.91 Å². The van der Waals surface area contributed by atoms with Crippen LogP contribution in [-0.4, -0.2) is 30.9 Å². The Morgan fingerprint density at radius 1 is 1.37 bits per heavy atom. The molecule has 1 aromatic carbocycles. The minimum Gasteiger partial charge on any atom is -0.345 e. The number of hydrogen-bond donors (Lipinski definition) is 1. The van der Waals surface area contributed by atoms with Crippen LogP contribution in [0.25, 0.3) is 0 Å². The van der Waals surface area contributed by atoms with E-state index < -0.39 is 0 Å². The van der Waals surface area contributed by atoms with Crippen molar-refractivity contribution in [3.05, 3.63) is 35.4 Å². The van der Waals surface area contributed by atoms with Crippen LogP contribution in [0, 0.1) is 12.8 Å². The van der Waals surface area contributed by atoms with Gasteiger partial charge < -0.3 is 10.6 Å². The molecule has 0 heterocycles. The maximum absolute atomic E-state index is 12.0. The van der Waals surface area contributed by atoms with Crippen molar-refractivity contribution in [2.45, 2.75) is 33.1 Å². The molecule has 1 rings (SSSR count). The summed E-state index contributed by atoms with van der Waals surface area (Å²) in [6.07, 6.45) is 2.49. The first kappa shape index (κ1) is 15.7. The third-order valence-corrected chi connectivity index (χ3v) is 3.51. The molecule has 0 fully saturated rings. The number of nitrogens with two attached hydrogens (primary N) is 1. The lowest BCUT2D eigenvalue weighted by Crippen LogP contribution is -2.33. The largest absolute Gasteiger partial charge is 0.345 e. The second-order valence-electron chi connectivity index (χ2n) is 5.40. The summed E-state index contributed by atoms with van der Waals surface area (Å²) in [6.45, 7) is 5.56. The lowest BCUT2D eigenvalue weighted by molar-refractivity contribution is -0.130. The zero-order valence-corrected chi connectivity index (χ0v) is 12.4. The number of amides is 1. The summed E-state index contributed by atoms with van der Waals surface area (Å²) < 4.78 is 0. The highest BCUT2D eigenvalue weighted by Crippen LogP contribution is 2.11. The van der Waals surface area contributed by atoms with E-state index in [0.29, 0.717) is 18.9 Å². The number of carbonyl (C=O) groups excluding carboxylic acids is 1. The zero-order chi connectivity index (χ0) is 14.3. The van der Waals surface area contributed by atoms with E-state index in [1.165, 1.54) is 11.1 Å². The van der Waals surface area contributed by atoms with E-state index in [9.17, 15) is 4.79 Å². The zero-order valence-electron chi connectivity index (χ0n) is 12.4. The molecule has 0 aliphatic carbocycles. The van der Waals surface area contributed by atoms with Crippen LogP contribution in [0.2, 0.25) is 0 Å². The maximum atomic E-state index is 12.0. The van der Waals surface area contributed by atoms with Gasteiger partial charge in [-0.2, -0.15) is 0 Å². The molecule has 1 aromatic rings. The van der Waals surface area contributed by atoms with Gasteiger partial charge >= 0.3 is 0 Å². The third kappa shape index (κ3) is 5.43. The van der Waals surface area contributed by atoms with Gasteiger partial charge in [0.1, 0.15) is 0 Å². The topological polar surface area (TPSA) is 46.3 Å². The van der Waals surface area contributed by atoms with E-state index in [-0.39, 0.29) is 5.91 Å². The summed E-state index contributed by atoms with van der Waals surface area (Å²) in [5.41, 5.74) is 8.22. The number of aryl methyl sites for hydroxylation is 2. The lowest BCUT2D eigenvalue weighted by atomic mass is 10.0. The van der Waals surface area contributed by atoms with Crippen molar-refractivity contribution in [3.8, 4) is 0 Å². The van der Waals surface area contributed by atoms with Gasteiger partial charge in [-0.05, 0) is 43.4 Å². The van der Waals surface area contributed by atoms with Crippen LogP contribution in [0.15, 0.2) is 24.3 Å². The molecule has 106 valence electrons. The molecule has 1 atom stereocenters. The normalized spacial score (nSPS) is 12.2. The van der Waals surface area contributed by atoms with Gasteiger partial charge in [-0.3, -0.25) is 4.79 Å². The van der Waals surface area contributed by atoms with Gasteiger partial charge in [0, 0.05) is 20.0 Å². The molecule has 3 heteroatoms. The van der Waals surface area contributed by atoms with Crippen LogP contribution in [-0.2, 0) is 11.2 Å². The Kier molecular flexibility index (Phi) is 6.57. The van der Waals surface area contributed by atoms with Crippen LogP contribution in [0.1, 0.15) is 30.9 Å².